The van der Waals surface area contributed by atoms with Crippen LogP contribution in [-0.2, 0) is 6.18 Å². The maximum absolute atomic E-state index is 12.5. The zero-order valence-corrected chi connectivity index (χ0v) is 12.4. The molecule has 1 heterocycles. The van der Waals surface area contributed by atoms with Gasteiger partial charge in [-0.2, -0.15) is 13.2 Å². The monoisotopic (exact) mass is 310 g/mol. The molecule has 1 aromatic rings. The third kappa shape index (κ3) is 2.59. The van der Waals surface area contributed by atoms with E-state index in [1.54, 1.807) is 0 Å². The van der Waals surface area contributed by atoms with Gasteiger partial charge in [-0.15, -0.1) is 0 Å². The zero-order chi connectivity index (χ0) is 15.3. The first-order chi connectivity index (χ1) is 10.5. The van der Waals surface area contributed by atoms with Crippen LogP contribution in [0.15, 0.2) is 18.3 Å². The van der Waals surface area contributed by atoms with Crippen molar-refractivity contribution in [3.63, 3.8) is 0 Å². The minimum atomic E-state index is -4.31. The van der Waals surface area contributed by atoms with Gasteiger partial charge in [0.25, 0.3) is 0 Å². The van der Waals surface area contributed by atoms with Gasteiger partial charge < -0.3 is 5.32 Å². The molecule has 5 rings (SSSR count). The highest BCUT2D eigenvalue weighted by molar-refractivity contribution is 5.36. The lowest BCUT2D eigenvalue weighted by molar-refractivity contribution is -0.137. The van der Waals surface area contributed by atoms with Crippen LogP contribution < -0.4 is 5.32 Å². The minimum Gasteiger partial charge on any atom is -0.370 e. The molecule has 1 aromatic heterocycles. The topological polar surface area (TPSA) is 24.9 Å². The first kappa shape index (κ1) is 14.3. The van der Waals surface area contributed by atoms with Gasteiger partial charge in [-0.25, -0.2) is 4.98 Å². The van der Waals surface area contributed by atoms with E-state index in [1.807, 2.05) is 0 Å². The van der Waals surface area contributed by atoms with Crippen LogP contribution in [0.4, 0.5) is 19.0 Å². The van der Waals surface area contributed by atoms with Crippen molar-refractivity contribution < 1.29 is 13.2 Å². The van der Waals surface area contributed by atoms with Crippen molar-refractivity contribution in [1.82, 2.24) is 4.98 Å². The summed E-state index contributed by atoms with van der Waals surface area (Å²) in [5.74, 6) is 4.76. The second-order valence-corrected chi connectivity index (χ2v) is 7.41. The van der Waals surface area contributed by atoms with Gasteiger partial charge in [0.05, 0.1) is 5.56 Å². The summed E-state index contributed by atoms with van der Waals surface area (Å²) in [7, 11) is 0. The summed E-state index contributed by atoms with van der Waals surface area (Å²) >= 11 is 0. The van der Waals surface area contributed by atoms with Crippen LogP contribution in [-0.4, -0.2) is 11.5 Å². The van der Waals surface area contributed by atoms with E-state index < -0.39 is 11.7 Å². The van der Waals surface area contributed by atoms with Crippen LogP contribution in [0.2, 0.25) is 0 Å². The Bertz CT molecular complexity index is 510. The molecule has 0 unspecified atom stereocenters. The smallest absolute Gasteiger partial charge is 0.370 e. The number of halogens is 3. The molecular weight excluding hydrogens is 289 g/mol. The summed E-state index contributed by atoms with van der Waals surface area (Å²) in [4.78, 5) is 3.92. The Morgan fingerprint density at radius 3 is 2.14 bits per heavy atom. The maximum atomic E-state index is 12.5. The molecule has 1 N–H and O–H groups in total. The van der Waals surface area contributed by atoms with E-state index in [1.165, 1.54) is 38.2 Å². The van der Waals surface area contributed by atoms with E-state index in [9.17, 15) is 13.2 Å². The lowest BCUT2D eigenvalue weighted by Crippen LogP contribution is -2.47. The molecule has 5 heteroatoms. The molecule has 0 saturated heterocycles. The molecule has 4 bridgehead atoms. The Hall–Kier alpha value is -1.26. The van der Waals surface area contributed by atoms with E-state index in [0.717, 1.165) is 42.5 Å². The van der Waals surface area contributed by atoms with Gasteiger partial charge in [-0.3, -0.25) is 0 Å². The van der Waals surface area contributed by atoms with Gasteiger partial charge in [-0.1, -0.05) is 0 Å². The van der Waals surface area contributed by atoms with Crippen LogP contribution in [0.3, 0.4) is 0 Å². The number of nitrogens with zero attached hydrogens (tertiary/aromatic N) is 1. The first-order valence-electron chi connectivity index (χ1n) is 8.26. The van der Waals surface area contributed by atoms with Crippen molar-refractivity contribution in [1.29, 1.82) is 0 Å². The largest absolute Gasteiger partial charge is 0.417 e. The number of hydrogen-bond donors (Lipinski definition) is 1. The predicted molar refractivity (Wildman–Crippen MR) is 78.3 cm³/mol. The van der Waals surface area contributed by atoms with Crippen LogP contribution in [0.5, 0.6) is 0 Å². The van der Waals surface area contributed by atoms with Gasteiger partial charge in [0.2, 0.25) is 0 Å². The molecule has 4 fully saturated rings. The number of aromatic nitrogens is 1. The van der Waals surface area contributed by atoms with Crippen molar-refractivity contribution in [2.24, 2.45) is 29.6 Å². The van der Waals surface area contributed by atoms with Crippen LogP contribution in [0, 0.1) is 29.6 Å². The summed E-state index contributed by atoms with van der Waals surface area (Å²) in [6.07, 6.45) is 3.49. The lowest BCUT2D eigenvalue weighted by atomic mass is 9.52. The van der Waals surface area contributed by atoms with E-state index >= 15 is 0 Å². The normalized spacial score (nSPS) is 36.6. The molecule has 22 heavy (non-hydrogen) atoms. The Morgan fingerprint density at radius 2 is 1.64 bits per heavy atom. The fourth-order valence-electron chi connectivity index (χ4n) is 5.26. The molecule has 120 valence electrons. The fourth-order valence-corrected chi connectivity index (χ4v) is 5.26. The predicted octanol–water partition coefficient (Wildman–Crippen LogP) is 4.58. The summed E-state index contributed by atoms with van der Waals surface area (Å²) in [5.41, 5.74) is -0.687. The Labute approximate surface area is 128 Å². The molecule has 2 nitrogen and oxygen atoms in total. The van der Waals surface area contributed by atoms with Gasteiger partial charge in [0.1, 0.15) is 5.82 Å². The summed E-state index contributed by atoms with van der Waals surface area (Å²) in [6, 6.07) is 2.55. The second-order valence-electron chi connectivity index (χ2n) is 7.41. The Morgan fingerprint density at radius 1 is 1.00 bits per heavy atom. The fraction of sp³-hybridized carbons (Fsp3) is 0.706. The Balaban J connectivity index is 1.39. The quantitative estimate of drug-likeness (QED) is 0.883. The van der Waals surface area contributed by atoms with Crippen molar-refractivity contribution >= 4 is 5.82 Å². The molecule has 0 spiro atoms. The molecule has 0 aliphatic heterocycles. The second kappa shape index (κ2) is 5.14. The number of nitrogens with one attached hydrogen (secondary N) is 1. The van der Waals surface area contributed by atoms with Crippen LogP contribution in [0.1, 0.15) is 37.7 Å². The third-order valence-electron chi connectivity index (χ3n) is 6.03. The summed E-state index contributed by atoms with van der Waals surface area (Å²) < 4.78 is 37.6. The number of rotatable bonds is 3. The standard InChI is InChI=1S/C17H21F3N2/c18-17(19,20)14-1-2-16(21-8-14)22-9-15-12-4-10-3-11(6-12)7-13(15)5-10/h1-2,8,10-13,15H,3-7,9H2,(H,21,22). The van der Waals surface area contributed by atoms with Gasteiger partial charge in [0.15, 0.2) is 0 Å². The van der Waals surface area contributed by atoms with Gasteiger partial charge in [-0.05, 0) is 73.8 Å². The van der Waals surface area contributed by atoms with Gasteiger partial charge >= 0.3 is 6.18 Å². The van der Waals surface area contributed by atoms with Crippen LogP contribution in [0.25, 0.3) is 0 Å². The average Bonchev–Trinajstić information content (AvgIpc) is 2.45. The molecule has 4 aliphatic rings. The van der Waals surface area contributed by atoms with E-state index in [-0.39, 0.29) is 0 Å². The van der Waals surface area contributed by atoms with E-state index in [4.69, 9.17) is 0 Å². The highest BCUT2D eigenvalue weighted by Crippen LogP contribution is 2.56. The lowest BCUT2D eigenvalue weighted by Gasteiger charge is -2.54. The molecule has 4 saturated carbocycles. The number of hydrogen-bond acceptors (Lipinski definition) is 2. The van der Waals surface area contributed by atoms with Crippen molar-refractivity contribution in [3.05, 3.63) is 23.9 Å². The third-order valence-corrected chi connectivity index (χ3v) is 6.03. The molecule has 0 radical (unpaired) electrons. The molecular formula is C17H21F3N2. The molecule has 0 aromatic carbocycles. The number of pyridine rings is 1. The van der Waals surface area contributed by atoms with Crippen molar-refractivity contribution in [2.45, 2.75) is 38.3 Å². The van der Waals surface area contributed by atoms with Crippen molar-refractivity contribution in [3.8, 4) is 0 Å². The first-order valence-corrected chi connectivity index (χ1v) is 8.26. The maximum Gasteiger partial charge on any atom is 0.417 e. The highest BCUT2D eigenvalue weighted by Gasteiger charge is 2.47. The summed E-state index contributed by atoms with van der Waals surface area (Å²) in [6.45, 7) is 0.854. The summed E-state index contributed by atoms with van der Waals surface area (Å²) in [5, 5.41) is 3.27. The minimum absolute atomic E-state index is 0.557. The molecule has 4 aliphatic carbocycles. The van der Waals surface area contributed by atoms with Crippen molar-refractivity contribution in [2.75, 3.05) is 11.9 Å². The molecule has 0 amide bonds. The Kier molecular flexibility index (Phi) is 3.35. The zero-order valence-electron chi connectivity index (χ0n) is 12.4. The average molecular weight is 310 g/mol. The number of alkyl halides is 3. The SMILES string of the molecule is FC(F)(F)c1ccc(NCC2C3CC4CC(C3)CC2C4)nc1. The van der Waals surface area contributed by atoms with Gasteiger partial charge in [0, 0.05) is 12.7 Å². The highest BCUT2D eigenvalue weighted by atomic mass is 19.4. The number of anilines is 1. The van der Waals surface area contributed by atoms with E-state index in [0.29, 0.717) is 11.7 Å². The van der Waals surface area contributed by atoms with Crippen LogP contribution >= 0.6 is 0 Å². The van der Waals surface area contributed by atoms with E-state index in [2.05, 4.69) is 10.3 Å². The molecule has 0 atom stereocenters.